The summed E-state index contributed by atoms with van der Waals surface area (Å²) in [6, 6.07) is 4.60. The van der Waals surface area contributed by atoms with E-state index >= 15 is 0 Å². The van der Waals surface area contributed by atoms with E-state index in [-0.39, 0.29) is 0 Å². The molecule has 13 heavy (non-hydrogen) atoms. The lowest BCUT2D eigenvalue weighted by atomic mass is 9.79. The third-order valence-corrected chi connectivity index (χ3v) is 1.77. The summed E-state index contributed by atoms with van der Waals surface area (Å²) in [6.45, 7) is 0. The van der Waals surface area contributed by atoms with E-state index in [1.54, 1.807) is 19.2 Å². The maximum Gasteiger partial charge on any atom is 0.488 e. The summed E-state index contributed by atoms with van der Waals surface area (Å²) in [7, 11) is 0.154. The maximum atomic E-state index is 10.6. The number of rotatable bonds is 3. The predicted molar refractivity (Wildman–Crippen MR) is 51.2 cm³/mol. The van der Waals surface area contributed by atoms with Gasteiger partial charge in [-0.1, -0.05) is 6.07 Å². The van der Waals surface area contributed by atoms with Crippen molar-refractivity contribution in [2.24, 2.45) is 0 Å². The highest BCUT2D eigenvalue weighted by molar-refractivity contribution is 6.58. The van der Waals surface area contributed by atoms with Crippen LogP contribution in [0.1, 0.15) is 10.4 Å². The Kier molecular flexibility index (Phi) is 3.05. The van der Waals surface area contributed by atoms with Gasteiger partial charge < -0.3 is 15.4 Å². The van der Waals surface area contributed by atoms with E-state index in [1.807, 2.05) is 0 Å². The van der Waals surface area contributed by atoms with E-state index in [2.05, 4.69) is 5.32 Å². The van der Waals surface area contributed by atoms with Gasteiger partial charge in [-0.05, 0) is 17.6 Å². The molecule has 0 saturated carbocycles. The van der Waals surface area contributed by atoms with Crippen molar-refractivity contribution in [3.63, 3.8) is 0 Å². The second-order valence-corrected chi connectivity index (χ2v) is 2.59. The van der Waals surface area contributed by atoms with Crippen LogP contribution in [-0.4, -0.2) is 30.5 Å². The lowest BCUT2D eigenvalue weighted by molar-refractivity contribution is 0.112. The first-order valence-electron chi connectivity index (χ1n) is 3.82. The van der Waals surface area contributed by atoms with Gasteiger partial charge in [0.05, 0.1) is 0 Å². The van der Waals surface area contributed by atoms with Crippen molar-refractivity contribution in [3.05, 3.63) is 23.8 Å². The number of carbonyl (C=O) groups is 1. The van der Waals surface area contributed by atoms with Crippen molar-refractivity contribution in [1.29, 1.82) is 0 Å². The molecule has 0 saturated heterocycles. The molecule has 3 N–H and O–H groups in total. The minimum Gasteiger partial charge on any atom is -0.423 e. The van der Waals surface area contributed by atoms with Crippen LogP contribution in [0.2, 0.25) is 0 Å². The average molecular weight is 179 g/mol. The van der Waals surface area contributed by atoms with Crippen LogP contribution < -0.4 is 10.8 Å². The Balaban J connectivity index is 3.13. The van der Waals surface area contributed by atoms with Crippen LogP contribution in [0.25, 0.3) is 0 Å². The summed E-state index contributed by atoms with van der Waals surface area (Å²) in [5.74, 6) is 0. The molecule has 1 aromatic carbocycles. The van der Waals surface area contributed by atoms with Gasteiger partial charge in [0.1, 0.15) is 0 Å². The Labute approximate surface area is 76.4 Å². The van der Waals surface area contributed by atoms with Crippen molar-refractivity contribution in [3.8, 4) is 0 Å². The minimum atomic E-state index is -1.54. The molecule has 0 spiro atoms. The van der Waals surface area contributed by atoms with Crippen LogP contribution in [-0.2, 0) is 0 Å². The largest absolute Gasteiger partial charge is 0.488 e. The van der Waals surface area contributed by atoms with Crippen LogP contribution in [0.15, 0.2) is 18.2 Å². The monoisotopic (exact) mass is 179 g/mol. The molecule has 0 bridgehead atoms. The second kappa shape index (κ2) is 4.07. The average Bonchev–Trinajstić information content (AvgIpc) is 2.16. The molecule has 0 amide bonds. The smallest absolute Gasteiger partial charge is 0.423 e. The van der Waals surface area contributed by atoms with Gasteiger partial charge in [0, 0.05) is 18.3 Å². The summed E-state index contributed by atoms with van der Waals surface area (Å²) < 4.78 is 0. The molecule has 0 aromatic heterocycles. The van der Waals surface area contributed by atoms with Crippen molar-refractivity contribution < 1.29 is 14.8 Å². The molecular formula is C8H10BNO3. The second-order valence-electron chi connectivity index (χ2n) is 2.59. The number of carbonyl (C=O) groups excluding carboxylic acids is 1. The highest BCUT2D eigenvalue weighted by Crippen LogP contribution is 2.09. The first-order valence-corrected chi connectivity index (χ1v) is 3.82. The topological polar surface area (TPSA) is 69.6 Å². The molecule has 68 valence electrons. The van der Waals surface area contributed by atoms with Gasteiger partial charge in [0.2, 0.25) is 0 Å². The fourth-order valence-corrected chi connectivity index (χ4v) is 1.07. The van der Waals surface area contributed by atoms with Crippen molar-refractivity contribution in [1.82, 2.24) is 0 Å². The minimum absolute atomic E-state index is 0.307. The van der Waals surface area contributed by atoms with Gasteiger partial charge in [0.15, 0.2) is 6.29 Å². The highest BCUT2D eigenvalue weighted by atomic mass is 16.4. The first kappa shape index (κ1) is 9.76. The number of anilines is 1. The van der Waals surface area contributed by atoms with Crippen LogP contribution in [0.5, 0.6) is 0 Å². The van der Waals surface area contributed by atoms with Crippen LogP contribution in [0, 0.1) is 0 Å². The molecule has 4 nitrogen and oxygen atoms in total. The molecular weight excluding hydrogens is 169 g/mol. The Morgan fingerprint density at radius 1 is 1.46 bits per heavy atom. The zero-order chi connectivity index (χ0) is 9.84. The Morgan fingerprint density at radius 2 is 2.15 bits per heavy atom. The number of nitrogens with one attached hydrogen (secondary N) is 1. The van der Waals surface area contributed by atoms with Gasteiger partial charge in [-0.15, -0.1) is 0 Å². The highest BCUT2D eigenvalue weighted by Gasteiger charge is 2.12. The molecule has 0 aliphatic heterocycles. The number of hydrogen-bond donors (Lipinski definition) is 3. The van der Waals surface area contributed by atoms with Gasteiger partial charge in [-0.3, -0.25) is 4.79 Å². The molecule has 5 heteroatoms. The molecule has 0 aliphatic rings. The van der Waals surface area contributed by atoms with Gasteiger partial charge in [-0.25, -0.2) is 0 Å². The third kappa shape index (κ3) is 2.08. The fraction of sp³-hybridized carbons (Fsp3) is 0.125. The lowest BCUT2D eigenvalue weighted by Gasteiger charge is -2.05. The first-order chi connectivity index (χ1) is 6.19. The van der Waals surface area contributed by atoms with Gasteiger partial charge in [-0.2, -0.15) is 0 Å². The van der Waals surface area contributed by atoms with Gasteiger partial charge in [0.25, 0.3) is 0 Å². The van der Waals surface area contributed by atoms with Crippen LogP contribution in [0.4, 0.5) is 5.69 Å². The van der Waals surface area contributed by atoms with E-state index in [1.165, 1.54) is 6.07 Å². The molecule has 0 aliphatic carbocycles. The quantitative estimate of drug-likeness (QED) is 0.420. The zero-order valence-electron chi connectivity index (χ0n) is 7.19. The predicted octanol–water partition coefficient (Wildman–Crippen LogP) is -0.779. The normalized spacial score (nSPS) is 9.46. The Bertz CT molecular complexity index is 314. The molecule has 0 fully saturated rings. The van der Waals surface area contributed by atoms with Gasteiger partial charge >= 0.3 is 7.12 Å². The lowest BCUT2D eigenvalue weighted by Crippen LogP contribution is -2.30. The summed E-state index contributed by atoms with van der Waals surface area (Å²) in [5, 5.41) is 20.5. The molecule has 0 radical (unpaired) electrons. The molecule has 0 heterocycles. The summed E-state index contributed by atoms with van der Waals surface area (Å²) in [5.41, 5.74) is 1.38. The molecule has 1 aromatic rings. The van der Waals surface area contributed by atoms with E-state index < -0.39 is 7.12 Å². The van der Waals surface area contributed by atoms with Crippen LogP contribution >= 0.6 is 0 Å². The number of benzene rings is 1. The summed E-state index contributed by atoms with van der Waals surface area (Å²) >= 11 is 0. The molecule has 1 rings (SSSR count). The molecule has 0 unspecified atom stereocenters. The van der Waals surface area contributed by atoms with E-state index in [4.69, 9.17) is 10.0 Å². The Morgan fingerprint density at radius 3 is 2.62 bits per heavy atom. The summed E-state index contributed by atoms with van der Waals surface area (Å²) in [4.78, 5) is 10.6. The van der Waals surface area contributed by atoms with Crippen molar-refractivity contribution in [2.75, 3.05) is 12.4 Å². The van der Waals surface area contributed by atoms with E-state index in [0.717, 1.165) is 0 Å². The molecule has 0 atom stereocenters. The standard InChI is InChI=1S/C8H10BNO3/c1-10-8-3-2-7(9(12)13)4-6(8)5-11/h2-5,10,12-13H,1H3. The van der Waals surface area contributed by atoms with Crippen molar-refractivity contribution >= 4 is 24.6 Å². The third-order valence-electron chi connectivity index (χ3n) is 1.77. The number of hydrogen-bond acceptors (Lipinski definition) is 4. The van der Waals surface area contributed by atoms with Crippen molar-refractivity contribution in [2.45, 2.75) is 0 Å². The summed E-state index contributed by atoms with van der Waals surface area (Å²) in [6.07, 6.45) is 0.664. The Hall–Kier alpha value is -1.33. The van der Waals surface area contributed by atoms with E-state index in [9.17, 15) is 4.79 Å². The fourth-order valence-electron chi connectivity index (χ4n) is 1.07. The SMILES string of the molecule is CNc1ccc(B(O)O)cc1C=O. The van der Waals surface area contributed by atoms with E-state index in [0.29, 0.717) is 23.0 Å². The maximum absolute atomic E-state index is 10.6. The number of aldehydes is 1. The van der Waals surface area contributed by atoms with Crippen LogP contribution in [0.3, 0.4) is 0 Å². The zero-order valence-corrected chi connectivity index (χ0v) is 7.19.